The van der Waals surface area contributed by atoms with Crippen molar-refractivity contribution in [3.63, 3.8) is 0 Å². The topological polar surface area (TPSA) is 74.8 Å². The maximum absolute atomic E-state index is 12.8. The minimum atomic E-state index is -3.35. The van der Waals surface area contributed by atoms with E-state index in [0.717, 1.165) is 37.8 Å². The summed E-state index contributed by atoms with van der Waals surface area (Å²) in [6.07, 6.45) is 8.74. The summed E-state index contributed by atoms with van der Waals surface area (Å²) < 4.78 is 27.1. The van der Waals surface area contributed by atoms with E-state index in [1.165, 1.54) is 0 Å². The van der Waals surface area contributed by atoms with Gasteiger partial charge in [-0.2, -0.15) is 0 Å². The van der Waals surface area contributed by atoms with Crippen LogP contribution in [0.2, 0.25) is 0 Å². The number of rotatable bonds is 5. The van der Waals surface area contributed by atoms with Gasteiger partial charge in [0.2, 0.25) is 15.9 Å². The SMILES string of the molecule is O=C1CCN(C(=O)CCCS(=O)(=O)N2CCCC3CCCC=C32)CC1. The number of nitrogens with zero attached hydrogens (tertiary/aromatic N) is 2. The van der Waals surface area contributed by atoms with Crippen molar-refractivity contribution in [1.29, 1.82) is 0 Å². The number of allylic oxidation sites excluding steroid dienone is 2. The molecule has 140 valence electrons. The number of piperidine rings is 2. The molecule has 0 radical (unpaired) electrons. The third-order valence-corrected chi connectivity index (χ3v) is 7.40. The van der Waals surface area contributed by atoms with E-state index in [1.807, 2.05) is 0 Å². The zero-order valence-corrected chi connectivity index (χ0v) is 15.6. The van der Waals surface area contributed by atoms with Crippen LogP contribution in [0.15, 0.2) is 11.8 Å². The van der Waals surface area contributed by atoms with Crippen LogP contribution in [0.1, 0.15) is 57.8 Å². The minimum absolute atomic E-state index is 0.0234. The van der Waals surface area contributed by atoms with Gasteiger partial charge in [-0.15, -0.1) is 0 Å². The average Bonchev–Trinajstić information content (AvgIpc) is 2.61. The number of amides is 1. The number of ketones is 1. The van der Waals surface area contributed by atoms with Gasteiger partial charge in [-0.3, -0.25) is 13.9 Å². The number of hydrogen-bond acceptors (Lipinski definition) is 4. The van der Waals surface area contributed by atoms with Crippen molar-refractivity contribution < 1.29 is 18.0 Å². The fourth-order valence-electron chi connectivity index (χ4n) is 4.12. The molecule has 0 aromatic carbocycles. The van der Waals surface area contributed by atoms with E-state index in [4.69, 9.17) is 0 Å². The standard InChI is InChI=1S/C18H28N2O4S/c21-16-9-12-19(13-10-16)18(22)8-4-14-25(23,24)20-11-3-6-15-5-1-2-7-17(15)20/h7,15H,1-6,8-14H2. The summed E-state index contributed by atoms with van der Waals surface area (Å²) >= 11 is 0. The Morgan fingerprint density at radius 1 is 1.12 bits per heavy atom. The van der Waals surface area contributed by atoms with Crippen molar-refractivity contribution in [1.82, 2.24) is 9.21 Å². The predicted molar refractivity (Wildman–Crippen MR) is 95.2 cm³/mol. The van der Waals surface area contributed by atoms with Gasteiger partial charge in [-0.1, -0.05) is 6.08 Å². The first-order valence-electron chi connectivity index (χ1n) is 9.47. The molecule has 0 N–H and O–H groups in total. The van der Waals surface area contributed by atoms with E-state index in [-0.39, 0.29) is 23.9 Å². The second-order valence-electron chi connectivity index (χ2n) is 7.31. The quantitative estimate of drug-likeness (QED) is 0.744. The summed E-state index contributed by atoms with van der Waals surface area (Å²) in [4.78, 5) is 25.1. The third kappa shape index (κ3) is 4.43. The van der Waals surface area contributed by atoms with Gasteiger partial charge >= 0.3 is 0 Å². The maximum atomic E-state index is 12.8. The molecule has 1 unspecified atom stereocenters. The zero-order valence-electron chi connectivity index (χ0n) is 14.8. The number of Topliss-reactive ketones (excluding diaryl/α,β-unsaturated/α-hetero) is 1. The Hall–Kier alpha value is -1.37. The molecule has 3 aliphatic rings. The molecule has 0 aromatic heterocycles. The van der Waals surface area contributed by atoms with Crippen LogP contribution < -0.4 is 0 Å². The fraction of sp³-hybridized carbons (Fsp3) is 0.778. The molecule has 3 rings (SSSR count). The average molecular weight is 368 g/mol. The Morgan fingerprint density at radius 2 is 1.84 bits per heavy atom. The molecule has 1 aliphatic carbocycles. The number of carbonyl (C=O) groups excluding carboxylic acids is 2. The summed E-state index contributed by atoms with van der Waals surface area (Å²) in [5.41, 5.74) is 0.998. The number of hydrogen-bond donors (Lipinski definition) is 0. The highest BCUT2D eigenvalue weighted by Crippen LogP contribution is 2.36. The van der Waals surface area contributed by atoms with Crippen molar-refractivity contribution in [2.45, 2.75) is 57.8 Å². The molecule has 1 amide bonds. The number of sulfonamides is 1. The Kier molecular flexibility index (Phi) is 5.81. The molecule has 0 aromatic rings. The molecule has 2 fully saturated rings. The Balaban J connectivity index is 1.52. The molecular formula is C18H28N2O4S. The lowest BCUT2D eigenvalue weighted by Gasteiger charge is -2.38. The molecule has 2 aliphatic heterocycles. The minimum Gasteiger partial charge on any atom is -0.342 e. The van der Waals surface area contributed by atoms with Gasteiger partial charge in [0.15, 0.2) is 0 Å². The van der Waals surface area contributed by atoms with E-state index in [0.29, 0.717) is 44.8 Å². The molecule has 25 heavy (non-hydrogen) atoms. The summed E-state index contributed by atoms with van der Waals surface area (Å²) in [6, 6.07) is 0. The van der Waals surface area contributed by atoms with E-state index in [9.17, 15) is 18.0 Å². The van der Waals surface area contributed by atoms with Crippen LogP contribution in [0.25, 0.3) is 0 Å². The molecule has 0 saturated carbocycles. The smallest absolute Gasteiger partial charge is 0.234 e. The van der Waals surface area contributed by atoms with Crippen LogP contribution >= 0.6 is 0 Å². The normalized spacial score (nSPS) is 24.7. The van der Waals surface area contributed by atoms with Crippen LogP contribution in [0.4, 0.5) is 0 Å². The summed E-state index contributed by atoms with van der Waals surface area (Å²) in [5, 5.41) is 0. The largest absolute Gasteiger partial charge is 0.342 e. The molecule has 7 heteroatoms. The van der Waals surface area contributed by atoms with Gasteiger partial charge in [-0.25, -0.2) is 8.42 Å². The summed E-state index contributed by atoms with van der Waals surface area (Å²) in [5.74, 6) is 0.586. The van der Waals surface area contributed by atoms with Gasteiger partial charge in [-0.05, 0) is 44.4 Å². The van der Waals surface area contributed by atoms with Gasteiger partial charge in [0, 0.05) is 44.6 Å². The third-order valence-electron chi connectivity index (χ3n) is 5.53. The van der Waals surface area contributed by atoms with E-state index < -0.39 is 10.0 Å². The first-order valence-corrected chi connectivity index (χ1v) is 11.1. The molecular weight excluding hydrogens is 340 g/mol. The van der Waals surface area contributed by atoms with Crippen molar-refractivity contribution in [3.05, 3.63) is 11.8 Å². The lowest BCUT2D eigenvalue weighted by Crippen LogP contribution is -2.41. The van der Waals surface area contributed by atoms with Crippen LogP contribution in [0, 0.1) is 5.92 Å². The number of fused-ring (bicyclic) bond motifs is 1. The van der Waals surface area contributed by atoms with Crippen LogP contribution in [-0.2, 0) is 19.6 Å². The first-order chi connectivity index (χ1) is 12.0. The zero-order chi connectivity index (χ0) is 17.9. The highest BCUT2D eigenvalue weighted by atomic mass is 32.2. The summed E-state index contributed by atoms with van der Waals surface area (Å²) in [6.45, 7) is 1.53. The molecule has 2 saturated heterocycles. The molecule has 0 spiro atoms. The summed E-state index contributed by atoms with van der Waals surface area (Å²) in [7, 11) is -3.35. The molecule has 2 heterocycles. The first kappa shape index (κ1) is 18.4. The fourth-order valence-corrected chi connectivity index (χ4v) is 5.80. The van der Waals surface area contributed by atoms with Crippen molar-refractivity contribution in [3.8, 4) is 0 Å². The van der Waals surface area contributed by atoms with E-state index in [2.05, 4.69) is 6.08 Å². The van der Waals surface area contributed by atoms with Crippen LogP contribution in [0.3, 0.4) is 0 Å². The Morgan fingerprint density at radius 3 is 2.60 bits per heavy atom. The number of carbonyl (C=O) groups is 2. The monoisotopic (exact) mass is 368 g/mol. The van der Waals surface area contributed by atoms with Crippen molar-refractivity contribution in [2.24, 2.45) is 5.92 Å². The Labute approximate surface area is 150 Å². The van der Waals surface area contributed by atoms with Gasteiger partial charge < -0.3 is 4.90 Å². The maximum Gasteiger partial charge on any atom is 0.234 e. The highest BCUT2D eigenvalue weighted by Gasteiger charge is 2.33. The molecule has 6 nitrogen and oxygen atoms in total. The van der Waals surface area contributed by atoms with Gasteiger partial charge in [0.25, 0.3) is 0 Å². The van der Waals surface area contributed by atoms with E-state index in [1.54, 1.807) is 9.21 Å². The predicted octanol–water partition coefficient (Wildman–Crippen LogP) is 2.07. The molecule has 1 atom stereocenters. The highest BCUT2D eigenvalue weighted by molar-refractivity contribution is 7.89. The number of likely N-dealkylation sites (tertiary alicyclic amines) is 1. The van der Waals surface area contributed by atoms with Gasteiger partial charge in [0.05, 0.1) is 5.75 Å². The Bertz CT molecular complexity index is 646. The molecule has 0 bridgehead atoms. The van der Waals surface area contributed by atoms with E-state index >= 15 is 0 Å². The second kappa shape index (κ2) is 7.89. The van der Waals surface area contributed by atoms with Gasteiger partial charge in [0.1, 0.15) is 5.78 Å². The van der Waals surface area contributed by atoms with Crippen LogP contribution in [-0.4, -0.2) is 54.7 Å². The second-order valence-corrected chi connectivity index (χ2v) is 9.32. The lowest BCUT2D eigenvalue weighted by molar-refractivity contribution is -0.134. The lowest BCUT2D eigenvalue weighted by atomic mass is 9.86. The van der Waals surface area contributed by atoms with Crippen molar-refractivity contribution >= 4 is 21.7 Å². The van der Waals surface area contributed by atoms with Crippen molar-refractivity contribution in [2.75, 3.05) is 25.4 Å². The van der Waals surface area contributed by atoms with Crippen LogP contribution in [0.5, 0.6) is 0 Å².